The van der Waals surface area contributed by atoms with E-state index in [1.165, 1.54) is 14.0 Å². The van der Waals surface area contributed by atoms with Crippen LogP contribution in [0.1, 0.15) is 29.3 Å². The van der Waals surface area contributed by atoms with Crippen LogP contribution in [-0.2, 0) is 16.0 Å². The van der Waals surface area contributed by atoms with Gasteiger partial charge in [0.25, 0.3) is 0 Å². The molecule has 0 aliphatic heterocycles. The fourth-order valence-electron chi connectivity index (χ4n) is 3.27. The number of Topliss-reactive ketones (excluding diaryl/α,β-unsaturated/α-hetero) is 1. The number of esters is 1. The van der Waals surface area contributed by atoms with E-state index in [-0.39, 0.29) is 41.8 Å². The van der Waals surface area contributed by atoms with Gasteiger partial charge < -0.3 is 19.7 Å². The molecule has 1 unspecified atom stereocenters. The van der Waals surface area contributed by atoms with Crippen molar-refractivity contribution in [1.82, 2.24) is 0 Å². The molecule has 0 aromatic heterocycles. The third kappa shape index (κ3) is 2.54. The molecule has 0 radical (unpaired) electrons. The van der Waals surface area contributed by atoms with Crippen LogP contribution in [0.5, 0.6) is 17.2 Å². The highest BCUT2D eigenvalue weighted by Crippen LogP contribution is 2.46. The first-order valence-corrected chi connectivity index (χ1v) is 7.64. The Bertz CT molecular complexity index is 839. The first-order valence-electron chi connectivity index (χ1n) is 7.64. The normalized spacial score (nSPS) is 16.8. The zero-order chi connectivity index (χ0) is 17.4. The highest BCUT2D eigenvalue weighted by Gasteiger charge is 2.33. The lowest BCUT2D eigenvalue weighted by Crippen LogP contribution is -2.25. The van der Waals surface area contributed by atoms with Crippen LogP contribution in [0, 0.1) is 5.92 Å². The van der Waals surface area contributed by atoms with Crippen molar-refractivity contribution >= 4 is 22.5 Å². The number of ether oxygens (including phenoxy) is 2. The lowest BCUT2D eigenvalue weighted by atomic mass is 9.80. The summed E-state index contributed by atoms with van der Waals surface area (Å²) in [5, 5.41) is 22.0. The average Bonchev–Trinajstić information content (AvgIpc) is 2.56. The Labute approximate surface area is 138 Å². The third-order valence-corrected chi connectivity index (χ3v) is 4.33. The van der Waals surface area contributed by atoms with E-state index in [0.29, 0.717) is 28.5 Å². The predicted octanol–water partition coefficient (Wildman–Crippen LogP) is 2.57. The van der Waals surface area contributed by atoms with Gasteiger partial charge in [0.15, 0.2) is 5.78 Å². The molecule has 3 rings (SSSR count). The van der Waals surface area contributed by atoms with E-state index in [0.717, 1.165) is 0 Å². The first kappa shape index (κ1) is 16.1. The van der Waals surface area contributed by atoms with Crippen LogP contribution in [0.15, 0.2) is 18.2 Å². The third-order valence-electron chi connectivity index (χ3n) is 4.33. The van der Waals surface area contributed by atoms with Crippen molar-refractivity contribution in [3.05, 3.63) is 29.3 Å². The second kappa shape index (κ2) is 6.03. The van der Waals surface area contributed by atoms with Crippen LogP contribution in [0.2, 0.25) is 0 Å². The van der Waals surface area contributed by atoms with Crippen molar-refractivity contribution in [3.63, 3.8) is 0 Å². The van der Waals surface area contributed by atoms with Crippen LogP contribution in [0.3, 0.4) is 0 Å². The summed E-state index contributed by atoms with van der Waals surface area (Å²) in [5.74, 6) is -0.723. The van der Waals surface area contributed by atoms with E-state index in [4.69, 9.17) is 9.47 Å². The molecule has 0 spiro atoms. The van der Waals surface area contributed by atoms with Crippen molar-refractivity contribution < 1.29 is 29.3 Å². The highest BCUT2D eigenvalue weighted by molar-refractivity contribution is 6.10. The smallest absolute Gasteiger partial charge is 0.302 e. The SMILES string of the molecule is COc1cccc2c(O)c3c(c(O)c12)CC(COC(C)=O)CC3=O. The van der Waals surface area contributed by atoms with Crippen molar-refractivity contribution in [3.8, 4) is 17.2 Å². The molecule has 6 heteroatoms. The Morgan fingerprint density at radius 1 is 1.25 bits per heavy atom. The molecule has 0 fully saturated rings. The number of carbonyl (C=O) groups excluding carboxylic acids is 2. The van der Waals surface area contributed by atoms with Crippen LogP contribution in [-0.4, -0.2) is 35.7 Å². The molecule has 1 aliphatic rings. The zero-order valence-electron chi connectivity index (χ0n) is 13.5. The second-order valence-corrected chi connectivity index (χ2v) is 5.93. The van der Waals surface area contributed by atoms with E-state index in [2.05, 4.69) is 0 Å². The molecule has 1 atom stereocenters. The quantitative estimate of drug-likeness (QED) is 0.664. The number of methoxy groups -OCH3 is 1. The van der Waals surface area contributed by atoms with Gasteiger partial charge in [0.1, 0.15) is 17.2 Å². The summed E-state index contributed by atoms with van der Waals surface area (Å²) in [4.78, 5) is 23.4. The number of hydrogen-bond acceptors (Lipinski definition) is 6. The summed E-state index contributed by atoms with van der Waals surface area (Å²) in [6.45, 7) is 1.41. The number of hydrogen-bond donors (Lipinski definition) is 2. The van der Waals surface area contributed by atoms with Crippen LogP contribution in [0.4, 0.5) is 0 Å². The Balaban J connectivity index is 2.15. The molecule has 2 aromatic rings. The fraction of sp³-hybridized carbons (Fsp3) is 0.333. The summed E-state index contributed by atoms with van der Waals surface area (Å²) < 4.78 is 10.2. The molecule has 0 bridgehead atoms. The van der Waals surface area contributed by atoms with E-state index in [9.17, 15) is 19.8 Å². The van der Waals surface area contributed by atoms with Gasteiger partial charge in [-0.05, 0) is 12.5 Å². The molecule has 2 N–H and O–H groups in total. The predicted molar refractivity (Wildman–Crippen MR) is 86.6 cm³/mol. The number of ketones is 1. The Morgan fingerprint density at radius 3 is 2.67 bits per heavy atom. The number of fused-ring (bicyclic) bond motifs is 2. The maximum absolute atomic E-state index is 12.5. The lowest BCUT2D eigenvalue weighted by Gasteiger charge is -2.26. The molecule has 1 aliphatic carbocycles. The minimum atomic E-state index is -0.416. The average molecular weight is 330 g/mol. The van der Waals surface area contributed by atoms with Gasteiger partial charge in [-0.1, -0.05) is 12.1 Å². The van der Waals surface area contributed by atoms with Crippen molar-refractivity contribution in [1.29, 1.82) is 0 Å². The summed E-state index contributed by atoms with van der Waals surface area (Å²) in [6.07, 6.45) is 0.491. The topological polar surface area (TPSA) is 93.1 Å². The minimum Gasteiger partial charge on any atom is -0.507 e. The monoisotopic (exact) mass is 330 g/mol. The molecule has 2 aromatic carbocycles. The van der Waals surface area contributed by atoms with Crippen molar-refractivity contribution in [2.24, 2.45) is 5.92 Å². The van der Waals surface area contributed by atoms with E-state index < -0.39 is 5.97 Å². The Kier molecular flexibility index (Phi) is 4.05. The number of phenolic OH excluding ortho intramolecular Hbond substituents is 2. The first-order chi connectivity index (χ1) is 11.4. The Morgan fingerprint density at radius 2 is 2.00 bits per heavy atom. The molecular formula is C18H18O6. The number of benzene rings is 2. The van der Waals surface area contributed by atoms with Crippen LogP contribution in [0.25, 0.3) is 10.8 Å². The number of phenols is 2. The maximum Gasteiger partial charge on any atom is 0.302 e. The molecule has 0 saturated heterocycles. The van der Waals surface area contributed by atoms with Gasteiger partial charge in [0.2, 0.25) is 0 Å². The van der Waals surface area contributed by atoms with Gasteiger partial charge in [0, 0.05) is 30.2 Å². The fourth-order valence-corrected chi connectivity index (χ4v) is 3.27. The van der Waals surface area contributed by atoms with Crippen LogP contribution >= 0.6 is 0 Å². The van der Waals surface area contributed by atoms with Gasteiger partial charge in [0.05, 0.1) is 24.7 Å². The summed E-state index contributed by atoms with van der Waals surface area (Å²) >= 11 is 0. The van der Waals surface area contributed by atoms with Gasteiger partial charge in [-0.25, -0.2) is 0 Å². The molecule has 0 heterocycles. The van der Waals surface area contributed by atoms with Gasteiger partial charge in [-0.2, -0.15) is 0 Å². The van der Waals surface area contributed by atoms with E-state index >= 15 is 0 Å². The highest BCUT2D eigenvalue weighted by atomic mass is 16.5. The molecule has 0 amide bonds. The van der Waals surface area contributed by atoms with Crippen molar-refractivity contribution in [2.75, 3.05) is 13.7 Å². The lowest BCUT2D eigenvalue weighted by molar-refractivity contribution is -0.142. The summed E-state index contributed by atoms with van der Waals surface area (Å²) in [7, 11) is 1.47. The number of rotatable bonds is 3. The standard InChI is InChI=1S/C18H18O6/c1-9(19)24-8-10-6-12-15(13(20)7-10)17(21)11-4-3-5-14(23-2)16(11)18(12)22/h3-5,10,21-22H,6-8H2,1-2H3. The minimum absolute atomic E-state index is 0.0730. The van der Waals surface area contributed by atoms with Crippen molar-refractivity contribution in [2.45, 2.75) is 19.8 Å². The zero-order valence-corrected chi connectivity index (χ0v) is 13.5. The molecule has 0 saturated carbocycles. The summed E-state index contributed by atoms with van der Waals surface area (Å²) in [5.41, 5.74) is 0.519. The number of aromatic hydroxyl groups is 2. The van der Waals surface area contributed by atoms with E-state index in [1.807, 2.05) is 0 Å². The Hall–Kier alpha value is -2.76. The van der Waals surface area contributed by atoms with E-state index in [1.54, 1.807) is 18.2 Å². The molecule has 24 heavy (non-hydrogen) atoms. The van der Waals surface area contributed by atoms with Crippen LogP contribution < -0.4 is 4.74 Å². The molecular weight excluding hydrogens is 312 g/mol. The maximum atomic E-state index is 12.5. The van der Waals surface area contributed by atoms with Gasteiger partial charge in [-0.15, -0.1) is 0 Å². The van der Waals surface area contributed by atoms with Gasteiger partial charge in [-0.3, -0.25) is 9.59 Å². The van der Waals surface area contributed by atoms with Gasteiger partial charge >= 0.3 is 5.97 Å². The molecule has 126 valence electrons. The second-order valence-electron chi connectivity index (χ2n) is 5.93. The summed E-state index contributed by atoms with van der Waals surface area (Å²) in [6, 6.07) is 4.99. The largest absolute Gasteiger partial charge is 0.507 e. The number of carbonyl (C=O) groups is 2. The molecule has 6 nitrogen and oxygen atoms in total.